The highest BCUT2D eigenvalue weighted by atomic mass is 14.9. The topological polar surface area (TPSA) is 12.0 Å². The van der Waals surface area contributed by atoms with Gasteiger partial charge in [-0.15, -0.1) is 0 Å². The van der Waals surface area contributed by atoms with E-state index in [4.69, 9.17) is 0 Å². The zero-order valence-corrected chi connectivity index (χ0v) is 12.3. The Morgan fingerprint density at radius 3 is 2.16 bits per heavy atom. The molecular formula is C18H23N. The summed E-state index contributed by atoms with van der Waals surface area (Å²) in [7, 11) is 0. The van der Waals surface area contributed by atoms with E-state index >= 15 is 0 Å². The molecule has 0 aliphatic carbocycles. The quantitative estimate of drug-likeness (QED) is 0.836. The summed E-state index contributed by atoms with van der Waals surface area (Å²) < 4.78 is 0. The van der Waals surface area contributed by atoms with Gasteiger partial charge in [-0.1, -0.05) is 47.5 Å². The fourth-order valence-electron chi connectivity index (χ4n) is 2.37. The van der Waals surface area contributed by atoms with E-state index in [1.165, 1.54) is 27.9 Å². The lowest BCUT2D eigenvalue weighted by Gasteiger charge is -2.17. The second-order valence-corrected chi connectivity index (χ2v) is 5.55. The molecule has 1 atom stereocenters. The van der Waals surface area contributed by atoms with Gasteiger partial charge in [-0.25, -0.2) is 0 Å². The van der Waals surface area contributed by atoms with E-state index in [-0.39, 0.29) is 0 Å². The summed E-state index contributed by atoms with van der Waals surface area (Å²) in [4.78, 5) is 0. The molecule has 0 saturated heterocycles. The van der Waals surface area contributed by atoms with Crippen LogP contribution in [0.15, 0.2) is 42.5 Å². The first-order valence-electron chi connectivity index (χ1n) is 6.94. The Balaban J connectivity index is 2.01. The van der Waals surface area contributed by atoms with Gasteiger partial charge in [0.1, 0.15) is 0 Å². The van der Waals surface area contributed by atoms with Crippen LogP contribution >= 0.6 is 0 Å². The number of hydrogen-bond acceptors (Lipinski definition) is 1. The minimum absolute atomic E-state index is 0.434. The third-order valence-electron chi connectivity index (χ3n) is 3.45. The number of rotatable bonds is 4. The summed E-state index contributed by atoms with van der Waals surface area (Å²) in [6, 6.07) is 15.8. The number of benzene rings is 2. The lowest BCUT2D eigenvalue weighted by molar-refractivity contribution is 0.789. The largest absolute Gasteiger partial charge is 0.382 e. The molecule has 1 N–H and O–H groups in total. The highest BCUT2D eigenvalue weighted by molar-refractivity contribution is 5.52. The zero-order chi connectivity index (χ0) is 13.8. The van der Waals surface area contributed by atoms with E-state index in [1.54, 1.807) is 0 Å². The van der Waals surface area contributed by atoms with E-state index < -0.39 is 0 Å². The van der Waals surface area contributed by atoms with Gasteiger partial charge in [0, 0.05) is 11.7 Å². The average Bonchev–Trinajstić information content (AvgIpc) is 2.36. The van der Waals surface area contributed by atoms with Gasteiger partial charge in [0.2, 0.25) is 0 Å². The van der Waals surface area contributed by atoms with Gasteiger partial charge in [0.15, 0.2) is 0 Å². The van der Waals surface area contributed by atoms with Crippen molar-refractivity contribution in [1.82, 2.24) is 0 Å². The minimum atomic E-state index is 0.434. The van der Waals surface area contributed by atoms with Crippen LogP contribution < -0.4 is 5.32 Å². The van der Waals surface area contributed by atoms with Gasteiger partial charge in [0.05, 0.1) is 0 Å². The molecular weight excluding hydrogens is 230 g/mol. The second kappa shape index (κ2) is 5.92. The first-order chi connectivity index (χ1) is 9.04. The average molecular weight is 253 g/mol. The van der Waals surface area contributed by atoms with Crippen LogP contribution in [0.3, 0.4) is 0 Å². The van der Waals surface area contributed by atoms with Crippen LogP contribution in [0, 0.1) is 20.8 Å². The third kappa shape index (κ3) is 3.85. The standard InChI is InChI=1S/C18H23N/c1-13-5-8-17(9-6-13)12-16(4)19-18-10-7-14(2)11-15(18)3/h5-11,16,19H,12H2,1-4H3. The Labute approximate surface area is 116 Å². The molecule has 1 heteroatoms. The maximum absolute atomic E-state index is 3.60. The van der Waals surface area contributed by atoms with E-state index in [0.717, 1.165) is 6.42 Å². The van der Waals surface area contributed by atoms with Crippen molar-refractivity contribution in [1.29, 1.82) is 0 Å². The van der Waals surface area contributed by atoms with Crippen LogP contribution in [0.4, 0.5) is 5.69 Å². The van der Waals surface area contributed by atoms with Crippen molar-refractivity contribution in [2.75, 3.05) is 5.32 Å². The fourth-order valence-corrected chi connectivity index (χ4v) is 2.37. The number of nitrogens with one attached hydrogen (secondary N) is 1. The predicted octanol–water partition coefficient (Wildman–Crippen LogP) is 4.65. The maximum Gasteiger partial charge on any atom is 0.0372 e. The SMILES string of the molecule is Cc1ccc(CC(C)Nc2ccc(C)cc2C)cc1. The molecule has 0 aliphatic heterocycles. The van der Waals surface area contributed by atoms with Gasteiger partial charge in [-0.05, 0) is 51.3 Å². The molecule has 1 nitrogen and oxygen atoms in total. The van der Waals surface area contributed by atoms with Crippen LogP contribution in [-0.4, -0.2) is 6.04 Å². The molecule has 2 aromatic rings. The number of aryl methyl sites for hydroxylation is 3. The van der Waals surface area contributed by atoms with Gasteiger partial charge >= 0.3 is 0 Å². The van der Waals surface area contributed by atoms with Gasteiger partial charge in [-0.3, -0.25) is 0 Å². The summed E-state index contributed by atoms with van der Waals surface area (Å²) in [5, 5.41) is 3.60. The van der Waals surface area contributed by atoms with E-state index in [9.17, 15) is 0 Å². The molecule has 0 spiro atoms. The number of anilines is 1. The normalized spacial score (nSPS) is 12.2. The van der Waals surface area contributed by atoms with Crippen molar-refractivity contribution in [3.05, 3.63) is 64.7 Å². The molecule has 100 valence electrons. The number of hydrogen-bond donors (Lipinski definition) is 1. The first kappa shape index (κ1) is 13.7. The van der Waals surface area contributed by atoms with E-state index in [0.29, 0.717) is 6.04 Å². The molecule has 1 unspecified atom stereocenters. The second-order valence-electron chi connectivity index (χ2n) is 5.55. The molecule has 19 heavy (non-hydrogen) atoms. The van der Waals surface area contributed by atoms with Crippen LogP contribution in [0.5, 0.6) is 0 Å². The van der Waals surface area contributed by atoms with E-state index in [1.807, 2.05) is 0 Å². The highest BCUT2D eigenvalue weighted by Crippen LogP contribution is 2.18. The molecule has 0 fully saturated rings. The predicted molar refractivity (Wildman–Crippen MR) is 83.9 cm³/mol. The lowest BCUT2D eigenvalue weighted by Crippen LogP contribution is -2.18. The van der Waals surface area contributed by atoms with E-state index in [2.05, 4.69) is 75.5 Å². The van der Waals surface area contributed by atoms with Crippen LogP contribution in [0.2, 0.25) is 0 Å². The summed E-state index contributed by atoms with van der Waals surface area (Å²) in [6.07, 6.45) is 1.05. The molecule has 0 heterocycles. The Hall–Kier alpha value is -1.76. The van der Waals surface area contributed by atoms with Crippen LogP contribution in [-0.2, 0) is 6.42 Å². The minimum Gasteiger partial charge on any atom is -0.382 e. The summed E-state index contributed by atoms with van der Waals surface area (Å²) in [5.41, 5.74) is 6.57. The van der Waals surface area contributed by atoms with Crippen LogP contribution in [0.25, 0.3) is 0 Å². The van der Waals surface area contributed by atoms with Crippen molar-refractivity contribution in [2.45, 2.75) is 40.2 Å². The molecule has 0 aromatic heterocycles. The van der Waals surface area contributed by atoms with Gasteiger partial charge in [0.25, 0.3) is 0 Å². The van der Waals surface area contributed by atoms with Crippen molar-refractivity contribution in [2.24, 2.45) is 0 Å². The summed E-state index contributed by atoms with van der Waals surface area (Å²) in [6.45, 7) is 8.65. The van der Waals surface area contributed by atoms with Crippen molar-refractivity contribution < 1.29 is 0 Å². The zero-order valence-electron chi connectivity index (χ0n) is 12.3. The molecule has 0 radical (unpaired) electrons. The smallest absolute Gasteiger partial charge is 0.0372 e. The Morgan fingerprint density at radius 2 is 1.53 bits per heavy atom. The summed E-state index contributed by atoms with van der Waals surface area (Å²) >= 11 is 0. The molecule has 0 bridgehead atoms. The molecule has 2 aromatic carbocycles. The lowest BCUT2D eigenvalue weighted by atomic mass is 10.0. The van der Waals surface area contributed by atoms with Crippen molar-refractivity contribution in [3.63, 3.8) is 0 Å². The Morgan fingerprint density at radius 1 is 0.895 bits per heavy atom. The van der Waals surface area contributed by atoms with Crippen molar-refractivity contribution >= 4 is 5.69 Å². The monoisotopic (exact) mass is 253 g/mol. The molecule has 0 amide bonds. The molecule has 2 rings (SSSR count). The van der Waals surface area contributed by atoms with Gasteiger partial charge < -0.3 is 5.32 Å². The Kier molecular flexibility index (Phi) is 4.26. The Bertz CT molecular complexity index is 540. The molecule has 0 saturated carbocycles. The molecule has 0 aliphatic rings. The fraction of sp³-hybridized carbons (Fsp3) is 0.333. The first-order valence-corrected chi connectivity index (χ1v) is 6.94. The van der Waals surface area contributed by atoms with Crippen LogP contribution in [0.1, 0.15) is 29.2 Å². The van der Waals surface area contributed by atoms with Crippen molar-refractivity contribution in [3.8, 4) is 0 Å². The highest BCUT2D eigenvalue weighted by Gasteiger charge is 2.05. The summed E-state index contributed by atoms with van der Waals surface area (Å²) in [5.74, 6) is 0. The maximum atomic E-state index is 3.60. The van der Waals surface area contributed by atoms with Gasteiger partial charge in [-0.2, -0.15) is 0 Å². The third-order valence-corrected chi connectivity index (χ3v) is 3.45.